The van der Waals surface area contributed by atoms with Crippen LogP contribution in [0.1, 0.15) is 12.5 Å². The van der Waals surface area contributed by atoms with Crippen molar-refractivity contribution in [2.45, 2.75) is 18.7 Å². The highest BCUT2D eigenvalue weighted by atomic mass is 19.4. The quantitative estimate of drug-likeness (QED) is 0.747. The molecule has 1 aromatic carbocycles. The van der Waals surface area contributed by atoms with Gasteiger partial charge in [-0.05, 0) is 37.3 Å². The van der Waals surface area contributed by atoms with Crippen molar-refractivity contribution >= 4 is 17.5 Å². The smallest absolute Gasteiger partial charge is 0.416 e. The lowest BCUT2D eigenvalue weighted by atomic mass is 9.83. The minimum absolute atomic E-state index is 0.0830. The molecule has 3 aliphatic rings. The first kappa shape index (κ1) is 14.0. The zero-order valence-corrected chi connectivity index (χ0v) is 11.8. The summed E-state index contributed by atoms with van der Waals surface area (Å²) < 4.78 is 44.1. The second-order valence-corrected chi connectivity index (χ2v) is 5.86. The molecule has 118 valence electrons. The van der Waals surface area contributed by atoms with Crippen molar-refractivity contribution in [3.05, 3.63) is 53.3 Å². The average Bonchev–Trinajstić information content (AvgIpc) is 3.07. The van der Waals surface area contributed by atoms with Gasteiger partial charge in [0.25, 0.3) is 5.91 Å². The third-order valence-corrected chi connectivity index (χ3v) is 4.36. The summed E-state index contributed by atoms with van der Waals surface area (Å²) in [5, 5.41) is 0. The second-order valence-electron chi connectivity index (χ2n) is 5.86. The number of carbonyl (C=O) groups is 2. The standard InChI is InChI=1S/C16H10F3NO3/c1-15-6-5-10(23-15)11-12(15)14(22)20(13(11)21)9-4-2-3-8(7-9)16(17,18)19/h2-7,12H,1H3. The van der Waals surface area contributed by atoms with Crippen molar-refractivity contribution in [1.82, 2.24) is 0 Å². The van der Waals surface area contributed by atoms with Crippen molar-refractivity contribution < 1.29 is 27.5 Å². The SMILES string of the molecule is CC12C=CC(=C3C(=O)N(c4cccc(C(F)(F)F)c4)C(=O)C31)O2. The molecule has 4 nitrogen and oxygen atoms in total. The van der Waals surface area contributed by atoms with Crippen LogP contribution in [0, 0.1) is 5.92 Å². The number of hydrogen-bond acceptors (Lipinski definition) is 3. The number of nitrogens with zero attached hydrogens (tertiary/aromatic N) is 1. The van der Waals surface area contributed by atoms with E-state index >= 15 is 0 Å². The first-order chi connectivity index (χ1) is 10.7. The molecule has 1 aromatic rings. The van der Waals surface area contributed by atoms with Gasteiger partial charge in [-0.25, -0.2) is 4.90 Å². The summed E-state index contributed by atoms with van der Waals surface area (Å²) in [5.41, 5.74) is -1.71. The minimum Gasteiger partial charge on any atom is -0.482 e. The van der Waals surface area contributed by atoms with Gasteiger partial charge >= 0.3 is 6.18 Å². The third-order valence-electron chi connectivity index (χ3n) is 4.36. The predicted octanol–water partition coefficient (Wildman–Crippen LogP) is 2.81. The maximum atomic E-state index is 12.8. The van der Waals surface area contributed by atoms with Crippen LogP contribution in [0.15, 0.2) is 47.7 Å². The highest BCUT2D eigenvalue weighted by Crippen LogP contribution is 2.51. The van der Waals surface area contributed by atoms with E-state index < -0.39 is 35.1 Å². The number of rotatable bonds is 1. The Morgan fingerprint density at radius 1 is 1.26 bits per heavy atom. The highest BCUT2D eigenvalue weighted by Gasteiger charge is 2.61. The van der Waals surface area contributed by atoms with Gasteiger partial charge in [-0.1, -0.05) is 6.07 Å². The number of fused-ring (bicyclic) bond motifs is 4. The Morgan fingerprint density at radius 3 is 2.65 bits per heavy atom. The average molecular weight is 321 g/mol. The van der Waals surface area contributed by atoms with Crippen LogP contribution in [0.2, 0.25) is 0 Å². The molecule has 0 radical (unpaired) electrons. The molecule has 2 atom stereocenters. The summed E-state index contributed by atoms with van der Waals surface area (Å²) in [6, 6.07) is 4.19. The van der Waals surface area contributed by atoms with Crippen LogP contribution >= 0.6 is 0 Å². The molecule has 3 aliphatic heterocycles. The summed E-state index contributed by atoms with van der Waals surface area (Å²) >= 11 is 0. The second kappa shape index (κ2) is 4.04. The van der Waals surface area contributed by atoms with Crippen LogP contribution in [0.25, 0.3) is 0 Å². The lowest BCUT2D eigenvalue weighted by molar-refractivity contribution is -0.137. The molecule has 1 saturated heterocycles. The van der Waals surface area contributed by atoms with Gasteiger partial charge in [-0.3, -0.25) is 9.59 Å². The molecule has 2 amide bonds. The Kier molecular flexibility index (Phi) is 2.47. The summed E-state index contributed by atoms with van der Waals surface area (Å²) in [5.74, 6) is -1.66. The number of carbonyl (C=O) groups excluding carboxylic acids is 2. The molecule has 1 fully saturated rings. The summed E-state index contributed by atoms with van der Waals surface area (Å²) in [6.45, 7) is 1.68. The number of imide groups is 1. The zero-order valence-electron chi connectivity index (χ0n) is 11.8. The van der Waals surface area contributed by atoms with E-state index in [0.717, 1.165) is 17.0 Å². The van der Waals surface area contributed by atoms with Crippen molar-refractivity contribution in [2.24, 2.45) is 5.92 Å². The predicted molar refractivity (Wildman–Crippen MR) is 73.1 cm³/mol. The maximum absolute atomic E-state index is 12.8. The van der Waals surface area contributed by atoms with Crippen LogP contribution in [-0.2, 0) is 20.5 Å². The van der Waals surface area contributed by atoms with Crippen LogP contribution < -0.4 is 4.90 Å². The topological polar surface area (TPSA) is 46.6 Å². The molecule has 0 spiro atoms. The molecule has 3 heterocycles. The van der Waals surface area contributed by atoms with Crippen molar-refractivity contribution in [2.75, 3.05) is 4.90 Å². The Bertz CT molecular complexity index is 824. The molecule has 2 bridgehead atoms. The molecule has 4 rings (SSSR count). The van der Waals surface area contributed by atoms with Crippen molar-refractivity contribution in [3.8, 4) is 0 Å². The number of anilines is 1. The van der Waals surface area contributed by atoms with Gasteiger partial charge in [-0.2, -0.15) is 13.2 Å². The Labute approximate surface area is 128 Å². The first-order valence-electron chi connectivity index (χ1n) is 6.90. The maximum Gasteiger partial charge on any atom is 0.416 e. The summed E-state index contributed by atoms with van der Waals surface area (Å²) in [7, 11) is 0. The minimum atomic E-state index is -4.55. The fraction of sp³-hybridized carbons (Fsp3) is 0.250. The lowest BCUT2D eigenvalue weighted by Crippen LogP contribution is -2.38. The van der Waals surface area contributed by atoms with E-state index in [9.17, 15) is 22.8 Å². The first-order valence-corrected chi connectivity index (χ1v) is 6.90. The summed E-state index contributed by atoms with van der Waals surface area (Å²) in [6.07, 6.45) is -1.24. The normalized spacial score (nSPS) is 28.7. The van der Waals surface area contributed by atoms with Gasteiger partial charge in [0.1, 0.15) is 17.3 Å². The molecular formula is C16H10F3NO3. The van der Waals surface area contributed by atoms with E-state index in [1.165, 1.54) is 12.1 Å². The summed E-state index contributed by atoms with van der Waals surface area (Å²) in [4.78, 5) is 26.0. The number of halogens is 3. The monoisotopic (exact) mass is 321 g/mol. The van der Waals surface area contributed by atoms with Crippen molar-refractivity contribution in [3.63, 3.8) is 0 Å². The highest BCUT2D eigenvalue weighted by molar-refractivity contribution is 6.30. The van der Waals surface area contributed by atoms with Gasteiger partial charge in [0, 0.05) is 0 Å². The van der Waals surface area contributed by atoms with Crippen LogP contribution in [0.3, 0.4) is 0 Å². The van der Waals surface area contributed by atoms with E-state index in [2.05, 4.69) is 0 Å². The Morgan fingerprint density at radius 2 is 2.00 bits per heavy atom. The molecule has 0 N–H and O–H groups in total. The fourth-order valence-electron chi connectivity index (χ4n) is 3.29. The molecule has 2 unspecified atom stereocenters. The van der Waals surface area contributed by atoms with E-state index in [-0.39, 0.29) is 11.3 Å². The fourth-order valence-corrected chi connectivity index (χ4v) is 3.29. The van der Waals surface area contributed by atoms with Crippen LogP contribution in [0.4, 0.5) is 18.9 Å². The van der Waals surface area contributed by atoms with Gasteiger partial charge in [0.05, 0.1) is 16.8 Å². The van der Waals surface area contributed by atoms with E-state index in [1.54, 1.807) is 19.1 Å². The number of alkyl halides is 3. The largest absolute Gasteiger partial charge is 0.482 e. The lowest BCUT2D eigenvalue weighted by Gasteiger charge is -2.24. The van der Waals surface area contributed by atoms with Crippen molar-refractivity contribution in [1.29, 1.82) is 0 Å². The number of hydrogen-bond donors (Lipinski definition) is 0. The molecule has 7 heteroatoms. The number of allylic oxidation sites excluding steroid dienone is 1. The molecule has 0 saturated carbocycles. The Balaban J connectivity index is 1.80. The zero-order chi connectivity index (χ0) is 16.6. The van der Waals surface area contributed by atoms with Crippen LogP contribution in [0.5, 0.6) is 0 Å². The molecule has 0 aromatic heterocycles. The van der Waals surface area contributed by atoms with E-state index in [0.29, 0.717) is 5.76 Å². The molecule has 0 aliphatic carbocycles. The van der Waals surface area contributed by atoms with E-state index in [4.69, 9.17) is 4.74 Å². The van der Waals surface area contributed by atoms with E-state index in [1.807, 2.05) is 0 Å². The molecule has 23 heavy (non-hydrogen) atoms. The van der Waals surface area contributed by atoms with Gasteiger partial charge in [0.2, 0.25) is 5.91 Å². The van der Waals surface area contributed by atoms with Gasteiger partial charge in [-0.15, -0.1) is 0 Å². The Hall–Kier alpha value is -2.57. The number of amides is 2. The third kappa shape index (κ3) is 1.73. The van der Waals surface area contributed by atoms with Crippen LogP contribution in [-0.4, -0.2) is 17.4 Å². The van der Waals surface area contributed by atoms with Gasteiger partial charge < -0.3 is 4.74 Å². The molecular weight excluding hydrogens is 311 g/mol. The number of benzene rings is 1. The number of ether oxygens (including phenoxy) is 1. The van der Waals surface area contributed by atoms with Gasteiger partial charge in [0.15, 0.2) is 0 Å².